The van der Waals surface area contributed by atoms with Crippen LogP contribution in [0.15, 0.2) is 0 Å². The minimum Gasteiger partial charge on any atom is -0.481 e. The highest BCUT2D eigenvalue weighted by Gasteiger charge is 2.29. The van der Waals surface area contributed by atoms with Gasteiger partial charge in [0.25, 0.3) is 0 Å². The zero-order valence-corrected chi connectivity index (χ0v) is 11.4. The first-order valence-electron chi connectivity index (χ1n) is 6.55. The van der Waals surface area contributed by atoms with E-state index in [1.165, 1.54) is 0 Å². The highest BCUT2D eigenvalue weighted by Crippen LogP contribution is 2.11. The van der Waals surface area contributed by atoms with Crippen LogP contribution in [-0.2, 0) is 14.3 Å². The first-order chi connectivity index (χ1) is 9.45. The lowest BCUT2D eigenvalue weighted by Gasteiger charge is -2.35. The zero-order valence-electron chi connectivity index (χ0n) is 11.4. The normalized spacial score (nSPS) is 20.2. The molecular formula is C12H20N2O6. The van der Waals surface area contributed by atoms with Crippen LogP contribution in [0, 0.1) is 0 Å². The molecule has 2 atom stereocenters. The Labute approximate surface area is 116 Å². The van der Waals surface area contributed by atoms with Crippen molar-refractivity contribution in [3.8, 4) is 0 Å². The van der Waals surface area contributed by atoms with Crippen LogP contribution in [0.25, 0.3) is 0 Å². The van der Waals surface area contributed by atoms with E-state index in [9.17, 15) is 14.4 Å². The topological polar surface area (TPSA) is 116 Å². The third-order valence-corrected chi connectivity index (χ3v) is 3.20. The van der Waals surface area contributed by atoms with Crippen molar-refractivity contribution in [1.29, 1.82) is 0 Å². The van der Waals surface area contributed by atoms with E-state index in [1.54, 1.807) is 4.90 Å². The molecule has 0 aromatic carbocycles. The highest BCUT2D eigenvalue weighted by atomic mass is 16.5. The molecule has 0 spiro atoms. The molecule has 0 aliphatic carbocycles. The molecule has 1 fully saturated rings. The fourth-order valence-electron chi connectivity index (χ4n) is 2.02. The standard InChI is InChI=1S/C12H20N2O6/c1-2-8-7-20-6-5-14(8)12(19)13-9(11(17)18)3-4-10(15)16/h8-9H,2-7H2,1H3,(H,13,19)(H,15,16)(H,17,18). The van der Waals surface area contributed by atoms with E-state index < -0.39 is 24.0 Å². The molecule has 1 saturated heterocycles. The van der Waals surface area contributed by atoms with Crippen LogP contribution in [0.1, 0.15) is 26.2 Å². The van der Waals surface area contributed by atoms with Crippen molar-refractivity contribution in [1.82, 2.24) is 10.2 Å². The summed E-state index contributed by atoms with van der Waals surface area (Å²) in [4.78, 5) is 35.1. The Balaban J connectivity index is 2.59. The van der Waals surface area contributed by atoms with Crippen LogP contribution in [0.2, 0.25) is 0 Å². The van der Waals surface area contributed by atoms with Gasteiger partial charge in [-0.2, -0.15) is 0 Å². The number of hydrogen-bond donors (Lipinski definition) is 3. The molecule has 0 radical (unpaired) electrons. The summed E-state index contributed by atoms with van der Waals surface area (Å²) in [5.74, 6) is -2.33. The van der Waals surface area contributed by atoms with Gasteiger partial charge in [-0.15, -0.1) is 0 Å². The zero-order chi connectivity index (χ0) is 15.1. The predicted molar refractivity (Wildman–Crippen MR) is 68.4 cm³/mol. The molecule has 114 valence electrons. The van der Waals surface area contributed by atoms with Gasteiger partial charge in [0.05, 0.1) is 19.3 Å². The van der Waals surface area contributed by atoms with Crippen molar-refractivity contribution in [2.75, 3.05) is 19.8 Å². The van der Waals surface area contributed by atoms with Gasteiger partial charge in [0.1, 0.15) is 6.04 Å². The largest absolute Gasteiger partial charge is 0.481 e. The number of carbonyl (C=O) groups is 3. The Bertz CT molecular complexity index is 373. The molecule has 8 heteroatoms. The molecule has 0 aromatic rings. The van der Waals surface area contributed by atoms with Gasteiger partial charge in [-0.1, -0.05) is 6.92 Å². The predicted octanol–water partition coefficient (Wildman–Crippen LogP) is 0.125. The van der Waals surface area contributed by atoms with E-state index in [4.69, 9.17) is 14.9 Å². The average Bonchev–Trinajstić information content (AvgIpc) is 2.42. The number of urea groups is 1. The summed E-state index contributed by atoms with van der Waals surface area (Å²) >= 11 is 0. The first kappa shape index (κ1) is 16.2. The quantitative estimate of drug-likeness (QED) is 0.639. The fourth-order valence-corrected chi connectivity index (χ4v) is 2.02. The van der Waals surface area contributed by atoms with E-state index in [0.717, 1.165) is 0 Å². The monoisotopic (exact) mass is 288 g/mol. The molecule has 8 nitrogen and oxygen atoms in total. The number of nitrogens with one attached hydrogen (secondary N) is 1. The maximum atomic E-state index is 12.1. The van der Waals surface area contributed by atoms with Gasteiger partial charge >= 0.3 is 18.0 Å². The van der Waals surface area contributed by atoms with Crippen LogP contribution in [0.4, 0.5) is 4.79 Å². The number of hydrogen-bond acceptors (Lipinski definition) is 4. The molecule has 2 unspecified atom stereocenters. The minimum atomic E-state index is -1.24. The number of ether oxygens (including phenoxy) is 1. The van der Waals surface area contributed by atoms with Crippen LogP contribution in [0.5, 0.6) is 0 Å². The maximum Gasteiger partial charge on any atom is 0.326 e. The van der Waals surface area contributed by atoms with Gasteiger partial charge in [0.15, 0.2) is 0 Å². The second-order valence-corrected chi connectivity index (χ2v) is 4.60. The Hall–Kier alpha value is -1.83. The van der Waals surface area contributed by atoms with Crippen molar-refractivity contribution >= 4 is 18.0 Å². The molecule has 1 aliphatic heterocycles. The molecule has 1 heterocycles. The summed E-state index contributed by atoms with van der Waals surface area (Å²) in [5, 5.41) is 20.0. The van der Waals surface area contributed by atoms with Crippen molar-refractivity contribution in [2.45, 2.75) is 38.3 Å². The SMILES string of the molecule is CCC1COCCN1C(=O)NC(CCC(=O)O)C(=O)O. The van der Waals surface area contributed by atoms with Crippen LogP contribution < -0.4 is 5.32 Å². The van der Waals surface area contributed by atoms with E-state index in [-0.39, 0.29) is 18.9 Å². The number of amides is 2. The number of carbonyl (C=O) groups excluding carboxylic acids is 1. The van der Waals surface area contributed by atoms with Gasteiger partial charge in [0.2, 0.25) is 0 Å². The number of carboxylic acids is 2. The van der Waals surface area contributed by atoms with E-state index in [1.807, 2.05) is 6.92 Å². The third kappa shape index (κ3) is 4.69. The molecule has 2 amide bonds. The second kappa shape index (κ2) is 7.68. The Morgan fingerprint density at radius 2 is 2.10 bits per heavy atom. The van der Waals surface area contributed by atoms with Crippen molar-refractivity contribution in [3.63, 3.8) is 0 Å². The number of nitrogens with zero attached hydrogens (tertiary/aromatic N) is 1. The number of aliphatic carboxylic acids is 2. The van der Waals surface area contributed by atoms with Gasteiger partial charge in [-0.3, -0.25) is 4.79 Å². The number of carboxylic acid groups (broad SMARTS) is 2. The fraction of sp³-hybridized carbons (Fsp3) is 0.750. The van der Waals surface area contributed by atoms with Crippen LogP contribution >= 0.6 is 0 Å². The Morgan fingerprint density at radius 3 is 2.65 bits per heavy atom. The molecule has 20 heavy (non-hydrogen) atoms. The summed E-state index contributed by atoms with van der Waals surface area (Å²) in [7, 11) is 0. The molecule has 1 rings (SSSR count). The number of morpholine rings is 1. The summed E-state index contributed by atoms with van der Waals surface area (Å²) in [5.41, 5.74) is 0. The van der Waals surface area contributed by atoms with E-state index in [0.29, 0.717) is 26.2 Å². The third-order valence-electron chi connectivity index (χ3n) is 3.20. The van der Waals surface area contributed by atoms with E-state index in [2.05, 4.69) is 5.32 Å². The van der Waals surface area contributed by atoms with Gasteiger partial charge in [-0.25, -0.2) is 9.59 Å². The Kier molecular flexibility index (Phi) is 6.23. The smallest absolute Gasteiger partial charge is 0.326 e. The van der Waals surface area contributed by atoms with Crippen LogP contribution in [0.3, 0.4) is 0 Å². The first-order valence-corrected chi connectivity index (χ1v) is 6.55. The summed E-state index contributed by atoms with van der Waals surface area (Å²) in [6, 6.07) is -1.77. The van der Waals surface area contributed by atoms with E-state index >= 15 is 0 Å². The molecule has 0 bridgehead atoms. The molecule has 0 saturated carbocycles. The second-order valence-electron chi connectivity index (χ2n) is 4.60. The molecule has 1 aliphatic rings. The highest BCUT2D eigenvalue weighted by molar-refractivity contribution is 5.83. The van der Waals surface area contributed by atoms with Crippen molar-refractivity contribution in [2.24, 2.45) is 0 Å². The molecule has 3 N–H and O–H groups in total. The van der Waals surface area contributed by atoms with Gasteiger partial charge in [0, 0.05) is 13.0 Å². The average molecular weight is 288 g/mol. The summed E-state index contributed by atoms with van der Waals surface area (Å²) in [6.07, 6.45) is 0.259. The number of rotatable bonds is 6. The van der Waals surface area contributed by atoms with Crippen molar-refractivity contribution in [3.05, 3.63) is 0 Å². The van der Waals surface area contributed by atoms with Gasteiger partial charge in [-0.05, 0) is 12.8 Å². The maximum absolute atomic E-state index is 12.1. The minimum absolute atomic E-state index is 0.0855. The lowest BCUT2D eigenvalue weighted by molar-refractivity contribution is -0.140. The summed E-state index contributed by atoms with van der Waals surface area (Å²) in [6.45, 7) is 3.15. The Morgan fingerprint density at radius 1 is 1.40 bits per heavy atom. The summed E-state index contributed by atoms with van der Waals surface area (Å²) < 4.78 is 5.27. The molecular weight excluding hydrogens is 268 g/mol. The van der Waals surface area contributed by atoms with Crippen molar-refractivity contribution < 1.29 is 29.3 Å². The lowest BCUT2D eigenvalue weighted by atomic mass is 10.1. The molecule has 0 aromatic heterocycles. The van der Waals surface area contributed by atoms with Gasteiger partial charge < -0.3 is 25.2 Å². The van der Waals surface area contributed by atoms with Crippen LogP contribution in [-0.4, -0.2) is 64.9 Å². The lowest BCUT2D eigenvalue weighted by Crippen LogP contribution is -2.55.